The van der Waals surface area contributed by atoms with Gasteiger partial charge in [0.15, 0.2) is 0 Å². The van der Waals surface area contributed by atoms with Crippen LogP contribution in [0.15, 0.2) is 0 Å². The van der Waals surface area contributed by atoms with Crippen LogP contribution in [0.2, 0.25) is 0 Å². The number of hydrogen-bond acceptors (Lipinski definition) is 1. The van der Waals surface area contributed by atoms with Gasteiger partial charge in [0.25, 0.3) is 0 Å². The minimum Gasteiger partial charge on any atom is -0.328 e. The molecule has 8 heavy (non-hydrogen) atoms. The van der Waals surface area contributed by atoms with E-state index < -0.39 is 4.33 Å². The molecule has 0 aromatic carbocycles. The van der Waals surface area contributed by atoms with Crippen molar-refractivity contribution in [3.05, 3.63) is 0 Å². The van der Waals surface area contributed by atoms with Crippen LogP contribution in [-0.4, -0.2) is 10.4 Å². The van der Waals surface area contributed by atoms with Crippen LogP contribution < -0.4 is 5.73 Å². The maximum Gasteiger partial charge on any atom is 0.123 e. The first-order valence-corrected chi connectivity index (χ1v) is 3.43. The smallest absolute Gasteiger partial charge is 0.123 e. The molecule has 0 bridgehead atoms. The van der Waals surface area contributed by atoms with E-state index in [1.54, 1.807) is 0 Å². The minimum atomic E-state index is -0.492. The molecule has 0 aliphatic heterocycles. The monoisotopic (exact) mass is 153 g/mol. The molecule has 0 amide bonds. The van der Waals surface area contributed by atoms with Crippen LogP contribution in [0.1, 0.15) is 13.3 Å². The van der Waals surface area contributed by atoms with Crippen molar-refractivity contribution in [2.45, 2.75) is 23.7 Å². The van der Waals surface area contributed by atoms with Crippen LogP contribution in [0, 0.1) is 5.92 Å². The fraction of sp³-hybridized carbons (Fsp3) is 1.00. The molecule has 1 aliphatic rings. The van der Waals surface area contributed by atoms with E-state index in [1.165, 1.54) is 0 Å². The van der Waals surface area contributed by atoms with Gasteiger partial charge in [0, 0.05) is 12.0 Å². The van der Waals surface area contributed by atoms with E-state index in [4.69, 9.17) is 28.9 Å². The lowest BCUT2D eigenvalue weighted by Crippen LogP contribution is -2.20. The summed E-state index contributed by atoms with van der Waals surface area (Å²) in [6, 6.07) is 0.144. The summed E-state index contributed by atoms with van der Waals surface area (Å²) in [5.74, 6) is 0.325. The van der Waals surface area contributed by atoms with Crippen molar-refractivity contribution in [1.82, 2.24) is 0 Å². The summed E-state index contributed by atoms with van der Waals surface area (Å²) in [6.45, 7) is 1.93. The molecule has 0 aromatic rings. The highest BCUT2D eigenvalue weighted by molar-refractivity contribution is 6.50. The van der Waals surface area contributed by atoms with Gasteiger partial charge in [-0.1, -0.05) is 0 Å². The Morgan fingerprint density at radius 1 is 1.75 bits per heavy atom. The Kier molecular flexibility index (Phi) is 1.46. The number of alkyl halides is 2. The van der Waals surface area contributed by atoms with Gasteiger partial charge < -0.3 is 5.73 Å². The zero-order chi connectivity index (χ0) is 6.36. The van der Waals surface area contributed by atoms with E-state index in [0.29, 0.717) is 5.92 Å². The summed E-state index contributed by atoms with van der Waals surface area (Å²) in [7, 11) is 0. The largest absolute Gasteiger partial charge is 0.328 e. The average molecular weight is 154 g/mol. The Morgan fingerprint density at radius 3 is 2.12 bits per heavy atom. The molecule has 3 heteroatoms. The Bertz CT molecular complexity index is 101. The van der Waals surface area contributed by atoms with Crippen molar-refractivity contribution in [1.29, 1.82) is 0 Å². The normalized spacial score (nSPS) is 36.8. The van der Waals surface area contributed by atoms with Crippen molar-refractivity contribution in [2.75, 3.05) is 0 Å². The van der Waals surface area contributed by atoms with E-state index in [9.17, 15) is 0 Å². The predicted molar refractivity (Wildman–Crippen MR) is 36.2 cm³/mol. The maximum absolute atomic E-state index is 5.69. The molecule has 0 radical (unpaired) electrons. The highest BCUT2D eigenvalue weighted by Crippen LogP contribution is 2.54. The first-order chi connectivity index (χ1) is 3.54. The average Bonchev–Trinajstić information content (AvgIpc) is 2.13. The third-order valence-corrected chi connectivity index (χ3v) is 2.38. The quantitative estimate of drug-likeness (QED) is 0.569. The second-order valence-electron chi connectivity index (χ2n) is 2.43. The first-order valence-electron chi connectivity index (χ1n) is 2.67. The fourth-order valence-electron chi connectivity index (χ4n) is 0.805. The summed E-state index contributed by atoms with van der Waals surface area (Å²) in [4.78, 5) is 0. The summed E-state index contributed by atoms with van der Waals surface area (Å²) in [5, 5.41) is 0. The van der Waals surface area contributed by atoms with Gasteiger partial charge in [0.1, 0.15) is 4.33 Å². The lowest BCUT2D eigenvalue weighted by Gasteiger charge is -2.01. The third kappa shape index (κ3) is 1.09. The van der Waals surface area contributed by atoms with Gasteiger partial charge in [-0.05, 0) is 13.3 Å². The van der Waals surface area contributed by atoms with E-state index in [-0.39, 0.29) is 6.04 Å². The zero-order valence-electron chi connectivity index (χ0n) is 4.70. The van der Waals surface area contributed by atoms with Crippen LogP contribution >= 0.6 is 23.2 Å². The van der Waals surface area contributed by atoms with E-state index in [2.05, 4.69) is 0 Å². The Morgan fingerprint density at radius 2 is 2.12 bits per heavy atom. The van der Waals surface area contributed by atoms with Gasteiger partial charge >= 0.3 is 0 Å². The molecule has 0 spiro atoms. The second kappa shape index (κ2) is 1.76. The Balaban J connectivity index is 2.37. The standard InChI is InChI=1S/C5H9Cl2N/c1-3(8)4-2-5(4,6)7/h3-4H,2,8H2,1H3/t3-,4-/m0/s1. The molecule has 1 rings (SSSR count). The summed E-state index contributed by atoms with van der Waals surface area (Å²) < 4.78 is -0.492. The highest BCUT2D eigenvalue weighted by Gasteiger charge is 2.53. The molecule has 0 unspecified atom stereocenters. The Labute approximate surface area is 59.1 Å². The van der Waals surface area contributed by atoms with E-state index in [0.717, 1.165) is 6.42 Å². The number of halogens is 2. The molecule has 1 saturated carbocycles. The summed E-state index contributed by atoms with van der Waals surface area (Å²) in [5.41, 5.74) is 5.50. The predicted octanol–water partition coefficient (Wildman–Crippen LogP) is 1.53. The lowest BCUT2D eigenvalue weighted by atomic mass is 10.2. The summed E-state index contributed by atoms with van der Waals surface area (Å²) >= 11 is 11.4. The third-order valence-electron chi connectivity index (χ3n) is 1.51. The molecule has 2 N–H and O–H groups in total. The molecule has 0 saturated heterocycles. The molecule has 2 atom stereocenters. The lowest BCUT2D eigenvalue weighted by molar-refractivity contribution is 0.643. The topological polar surface area (TPSA) is 26.0 Å². The van der Waals surface area contributed by atoms with Gasteiger partial charge in [-0.25, -0.2) is 0 Å². The first kappa shape index (κ1) is 6.66. The van der Waals surface area contributed by atoms with Crippen LogP contribution in [0.25, 0.3) is 0 Å². The molecule has 1 aliphatic carbocycles. The molecule has 1 nitrogen and oxygen atoms in total. The molecular formula is C5H9Cl2N. The SMILES string of the molecule is C[C@H](N)[C@@H]1CC1(Cl)Cl. The van der Waals surface area contributed by atoms with Gasteiger partial charge in [0.2, 0.25) is 0 Å². The minimum absolute atomic E-state index is 0.144. The number of nitrogens with two attached hydrogens (primary N) is 1. The Hall–Kier alpha value is 0.540. The van der Waals surface area contributed by atoms with Crippen LogP contribution in [0.5, 0.6) is 0 Å². The van der Waals surface area contributed by atoms with Gasteiger partial charge in [-0.15, -0.1) is 23.2 Å². The van der Waals surface area contributed by atoms with Gasteiger partial charge in [-0.2, -0.15) is 0 Å². The van der Waals surface area contributed by atoms with Crippen molar-refractivity contribution in [2.24, 2.45) is 11.7 Å². The molecule has 0 aromatic heterocycles. The molecule has 48 valence electrons. The van der Waals surface area contributed by atoms with Crippen molar-refractivity contribution >= 4 is 23.2 Å². The molecule has 0 heterocycles. The van der Waals surface area contributed by atoms with Crippen LogP contribution in [0.4, 0.5) is 0 Å². The number of rotatable bonds is 1. The zero-order valence-corrected chi connectivity index (χ0v) is 6.21. The van der Waals surface area contributed by atoms with Crippen molar-refractivity contribution < 1.29 is 0 Å². The molecular weight excluding hydrogens is 145 g/mol. The van der Waals surface area contributed by atoms with Crippen LogP contribution in [0.3, 0.4) is 0 Å². The van der Waals surface area contributed by atoms with E-state index >= 15 is 0 Å². The van der Waals surface area contributed by atoms with Gasteiger partial charge in [-0.3, -0.25) is 0 Å². The maximum atomic E-state index is 5.69. The number of hydrogen-bond donors (Lipinski definition) is 1. The fourth-order valence-corrected chi connectivity index (χ4v) is 1.53. The summed E-state index contributed by atoms with van der Waals surface area (Å²) in [6.07, 6.45) is 0.855. The molecule has 1 fully saturated rings. The van der Waals surface area contributed by atoms with E-state index in [1.807, 2.05) is 6.92 Å². The van der Waals surface area contributed by atoms with Gasteiger partial charge in [0.05, 0.1) is 0 Å². The van der Waals surface area contributed by atoms with Crippen LogP contribution in [-0.2, 0) is 0 Å². The second-order valence-corrected chi connectivity index (χ2v) is 3.97. The highest BCUT2D eigenvalue weighted by atomic mass is 35.5. The van der Waals surface area contributed by atoms with Crippen molar-refractivity contribution in [3.8, 4) is 0 Å². The van der Waals surface area contributed by atoms with Crippen molar-refractivity contribution in [3.63, 3.8) is 0 Å².